The number of imidazole rings is 1. The first-order valence-corrected chi connectivity index (χ1v) is 3.13. The van der Waals surface area contributed by atoms with Crippen LogP contribution in [0.5, 0.6) is 0 Å². The van der Waals surface area contributed by atoms with Crippen LogP contribution in [0, 0.1) is 6.92 Å². The molecule has 0 fully saturated rings. The Morgan fingerprint density at radius 2 is 2.40 bits per heavy atom. The molecule has 0 radical (unpaired) electrons. The lowest BCUT2D eigenvalue weighted by atomic mass is 10.4. The summed E-state index contributed by atoms with van der Waals surface area (Å²) in [5.41, 5.74) is 2.09. The highest BCUT2D eigenvalue weighted by Gasteiger charge is 1.95. The zero-order chi connectivity index (χ0) is 6.97. The standard InChI is InChI=1S/C7H7N3/c1-6-7-3-2-4-9-10(7)5-8-6/h2-5H,1H3. The van der Waals surface area contributed by atoms with Gasteiger partial charge in [0.25, 0.3) is 0 Å². The fraction of sp³-hybridized carbons (Fsp3) is 0.143. The van der Waals surface area contributed by atoms with E-state index in [0.29, 0.717) is 0 Å². The van der Waals surface area contributed by atoms with E-state index in [-0.39, 0.29) is 0 Å². The van der Waals surface area contributed by atoms with Gasteiger partial charge < -0.3 is 0 Å². The zero-order valence-corrected chi connectivity index (χ0v) is 5.65. The summed E-state index contributed by atoms with van der Waals surface area (Å²) in [4.78, 5) is 4.10. The lowest BCUT2D eigenvalue weighted by molar-refractivity contribution is 0.926. The summed E-state index contributed by atoms with van der Waals surface area (Å²) >= 11 is 0. The lowest BCUT2D eigenvalue weighted by Gasteiger charge is -1.88. The van der Waals surface area contributed by atoms with Gasteiger partial charge in [0, 0.05) is 6.20 Å². The Balaban J connectivity index is 2.93. The van der Waals surface area contributed by atoms with Gasteiger partial charge in [-0.25, -0.2) is 9.50 Å². The van der Waals surface area contributed by atoms with Gasteiger partial charge >= 0.3 is 0 Å². The minimum Gasteiger partial charge on any atom is -0.239 e. The molecule has 2 heterocycles. The van der Waals surface area contributed by atoms with E-state index in [1.54, 1.807) is 17.0 Å². The van der Waals surface area contributed by atoms with Crippen LogP contribution in [0.3, 0.4) is 0 Å². The van der Waals surface area contributed by atoms with Crippen LogP contribution in [0.4, 0.5) is 0 Å². The Morgan fingerprint density at radius 3 is 3.20 bits per heavy atom. The van der Waals surface area contributed by atoms with E-state index in [0.717, 1.165) is 11.2 Å². The monoisotopic (exact) mass is 133 g/mol. The molecular weight excluding hydrogens is 126 g/mol. The minimum atomic E-state index is 1.02. The summed E-state index contributed by atoms with van der Waals surface area (Å²) < 4.78 is 1.76. The SMILES string of the molecule is Cc1ncn2ncccc12. The van der Waals surface area contributed by atoms with Crippen LogP contribution in [0.25, 0.3) is 5.52 Å². The van der Waals surface area contributed by atoms with Gasteiger partial charge in [-0.05, 0) is 19.1 Å². The first-order valence-electron chi connectivity index (χ1n) is 3.13. The summed E-state index contributed by atoms with van der Waals surface area (Å²) in [6.45, 7) is 1.97. The van der Waals surface area contributed by atoms with Gasteiger partial charge in [-0.1, -0.05) is 0 Å². The molecule has 0 aliphatic rings. The highest BCUT2D eigenvalue weighted by atomic mass is 15.2. The fourth-order valence-electron chi connectivity index (χ4n) is 0.969. The summed E-state index contributed by atoms with van der Waals surface area (Å²) in [7, 11) is 0. The molecular formula is C7H7N3. The quantitative estimate of drug-likeness (QED) is 0.537. The van der Waals surface area contributed by atoms with Crippen molar-refractivity contribution in [3.8, 4) is 0 Å². The maximum atomic E-state index is 4.10. The van der Waals surface area contributed by atoms with Gasteiger partial charge in [-0.3, -0.25) is 0 Å². The number of fused-ring (bicyclic) bond motifs is 1. The van der Waals surface area contributed by atoms with Crippen LogP contribution >= 0.6 is 0 Å². The van der Waals surface area contributed by atoms with Gasteiger partial charge in [0.15, 0.2) is 0 Å². The van der Waals surface area contributed by atoms with Crippen LogP contribution < -0.4 is 0 Å². The van der Waals surface area contributed by atoms with Crippen molar-refractivity contribution in [2.24, 2.45) is 0 Å². The number of hydrogen-bond donors (Lipinski definition) is 0. The predicted molar refractivity (Wildman–Crippen MR) is 37.7 cm³/mol. The fourth-order valence-corrected chi connectivity index (χ4v) is 0.969. The Bertz CT molecular complexity index is 350. The van der Waals surface area contributed by atoms with Crippen molar-refractivity contribution < 1.29 is 0 Å². The largest absolute Gasteiger partial charge is 0.239 e. The van der Waals surface area contributed by atoms with Crippen LogP contribution in [0.2, 0.25) is 0 Å². The molecule has 3 heteroatoms. The third-order valence-corrected chi connectivity index (χ3v) is 1.51. The molecule has 0 saturated heterocycles. The number of aromatic nitrogens is 3. The topological polar surface area (TPSA) is 30.2 Å². The molecule has 0 aliphatic heterocycles. The molecule has 0 spiro atoms. The predicted octanol–water partition coefficient (Wildman–Crippen LogP) is 1.04. The summed E-state index contributed by atoms with van der Waals surface area (Å²) in [5.74, 6) is 0. The Labute approximate surface area is 58.3 Å². The molecule has 0 unspecified atom stereocenters. The first kappa shape index (κ1) is 5.41. The Morgan fingerprint density at radius 1 is 1.50 bits per heavy atom. The summed E-state index contributed by atoms with van der Waals surface area (Å²) in [5, 5.41) is 4.06. The third kappa shape index (κ3) is 0.603. The van der Waals surface area contributed by atoms with E-state index >= 15 is 0 Å². The van der Waals surface area contributed by atoms with Crippen molar-refractivity contribution >= 4 is 5.52 Å². The Hall–Kier alpha value is -1.38. The van der Waals surface area contributed by atoms with E-state index in [1.807, 2.05) is 19.1 Å². The average Bonchev–Trinajstić information content (AvgIpc) is 2.34. The third-order valence-electron chi connectivity index (χ3n) is 1.51. The molecule has 0 amide bonds. The van der Waals surface area contributed by atoms with E-state index in [2.05, 4.69) is 10.1 Å². The van der Waals surface area contributed by atoms with Crippen molar-refractivity contribution in [2.45, 2.75) is 6.92 Å². The second-order valence-electron chi connectivity index (χ2n) is 2.18. The molecule has 3 nitrogen and oxygen atoms in total. The van der Waals surface area contributed by atoms with Crippen molar-refractivity contribution in [2.75, 3.05) is 0 Å². The molecule has 0 N–H and O–H groups in total. The van der Waals surface area contributed by atoms with E-state index in [9.17, 15) is 0 Å². The second-order valence-corrected chi connectivity index (χ2v) is 2.18. The minimum absolute atomic E-state index is 1.02. The maximum Gasteiger partial charge on any atom is 0.118 e. The Kier molecular flexibility index (Phi) is 0.974. The molecule has 0 bridgehead atoms. The highest BCUT2D eigenvalue weighted by molar-refractivity contribution is 5.49. The van der Waals surface area contributed by atoms with Crippen LogP contribution in [-0.2, 0) is 0 Å². The normalized spacial score (nSPS) is 10.5. The molecule has 0 saturated carbocycles. The lowest BCUT2D eigenvalue weighted by Crippen LogP contribution is -1.85. The van der Waals surface area contributed by atoms with Crippen molar-refractivity contribution in [3.63, 3.8) is 0 Å². The van der Waals surface area contributed by atoms with Gasteiger partial charge in [0.2, 0.25) is 0 Å². The molecule has 0 aliphatic carbocycles. The van der Waals surface area contributed by atoms with Gasteiger partial charge in [0.05, 0.1) is 11.2 Å². The molecule has 2 aromatic heterocycles. The molecule has 2 aromatic rings. The number of rotatable bonds is 0. The molecule has 0 aromatic carbocycles. The highest BCUT2D eigenvalue weighted by Crippen LogP contribution is 2.03. The van der Waals surface area contributed by atoms with Crippen molar-refractivity contribution in [1.82, 2.24) is 14.6 Å². The summed E-state index contributed by atoms with van der Waals surface area (Å²) in [6, 6.07) is 3.90. The first-order chi connectivity index (χ1) is 4.88. The van der Waals surface area contributed by atoms with Crippen LogP contribution in [0.15, 0.2) is 24.7 Å². The van der Waals surface area contributed by atoms with Crippen LogP contribution in [0.1, 0.15) is 5.69 Å². The summed E-state index contributed by atoms with van der Waals surface area (Å²) in [6.07, 6.45) is 3.46. The number of nitrogens with zero attached hydrogens (tertiary/aromatic N) is 3. The van der Waals surface area contributed by atoms with E-state index in [4.69, 9.17) is 0 Å². The van der Waals surface area contributed by atoms with E-state index < -0.39 is 0 Å². The smallest absolute Gasteiger partial charge is 0.118 e. The van der Waals surface area contributed by atoms with Crippen molar-refractivity contribution in [3.05, 3.63) is 30.4 Å². The molecule has 2 rings (SSSR count). The maximum absolute atomic E-state index is 4.10. The van der Waals surface area contributed by atoms with Gasteiger partial charge in [-0.15, -0.1) is 0 Å². The molecule has 0 atom stereocenters. The van der Waals surface area contributed by atoms with Gasteiger partial charge in [0.1, 0.15) is 6.33 Å². The van der Waals surface area contributed by atoms with Gasteiger partial charge in [-0.2, -0.15) is 5.10 Å². The molecule has 10 heavy (non-hydrogen) atoms. The zero-order valence-electron chi connectivity index (χ0n) is 5.65. The number of hydrogen-bond acceptors (Lipinski definition) is 2. The second kappa shape index (κ2) is 1.80. The average molecular weight is 133 g/mol. The van der Waals surface area contributed by atoms with Crippen molar-refractivity contribution in [1.29, 1.82) is 0 Å². The van der Waals surface area contributed by atoms with E-state index in [1.165, 1.54) is 0 Å². The molecule has 50 valence electrons. The number of aryl methyl sites for hydroxylation is 1. The van der Waals surface area contributed by atoms with Crippen LogP contribution in [-0.4, -0.2) is 14.6 Å².